The first-order valence-corrected chi connectivity index (χ1v) is 26.3. The summed E-state index contributed by atoms with van der Waals surface area (Å²) in [5.41, 5.74) is 6.83. The van der Waals surface area contributed by atoms with Gasteiger partial charge in [0.05, 0.1) is 24.8 Å². The lowest BCUT2D eigenvalue weighted by Gasteiger charge is -2.40. The van der Waals surface area contributed by atoms with Crippen LogP contribution in [-0.2, 0) is 0 Å². The van der Waals surface area contributed by atoms with Crippen molar-refractivity contribution in [1.82, 2.24) is 79.7 Å². The number of likely N-dealkylation sites (tertiary alicyclic amines) is 2. The van der Waals surface area contributed by atoms with Crippen molar-refractivity contribution in [3.63, 3.8) is 0 Å². The molecule has 0 aliphatic carbocycles. The molecule has 4 N–H and O–H groups in total. The molecule has 0 amide bonds. The quantitative estimate of drug-likeness (QED) is 0.0903. The number of nitrogens with one attached hydrogen (secondary N) is 4. The Hall–Kier alpha value is -7.72. The first-order chi connectivity index (χ1) is 36.7. The smallest absolute Gasteiger partial charge is 0.227 e. The summed E-state index contributed by atoms with van der Waals surface area (Å²) in [5.74, 6) is 5.09. The minimum atomic E-state index is -0.368. The number of nitrogens with zero attached hydrogens (tertiary/aromatic N) is 16. The van der Waals surface area contributed by atoms with E-state index in [1.165, 1.54) is 47.0 Å². The van der Waals surface area contributed by atoms with E-state index in [9.17, 15) is 8.78 Å². The summed E-state index contributed by atoms with van der Waals surface area (Å²) < 4.78 is 29.5. The lowest BCUT2D eigenvalue weighted by Crippen LogP contribution is -2.42. The van der Waals surface area contributed by atoms with Crippen molar-refractivity contribution in [2.45, 2.75) is 92.2 Å². The van der Waals surface area contributed by atoms with Crippen LogP contribution in [0.5, 0.6) is 0 Å². The summed E-state index contributed by atoms with van der Waals surface area (Å²) in [7, 11) is 0. The molecule has 0 bridgehead atoms. The van der Waals surface area contributed by atoms with E-state index in [0.29, 0.717) is 22.5 Å². The van der Waals surface area contributed by atoms with Gasteiger partial charge in [0.1, 0.15) is 11.6 Å². The second kappa shape index (κ2) is 21.1. The van der Waals surface area contributed by atoms with Crippen LogP contribution in [0.3, 0.4) is 0 Å². The van der Waals surface area contributed by atoms with E-state index >= 15 is 0 Å². The molecule has 76 heavy (non-hydrogen) atoms. The van der Waals surface area contributed by atoms with Gasteiger partial charge >= 0.3 is 0 Å². The van der Waals surface area contributed by atoms with Crippen molar-refractivity contribution < 1.29 is 8.78 Å². The Balaban J connectivity index is 0.000000162. The molecule has 4 aliphatic heterocycles. The summed E-state index contributed by atoms with van der Waals surface area (Å²) in [6.45, 7) is 20.5. The number of anilines is 6. The number of piperidine rings is 2. The van der Waals surface area contributed by atoms with E-state index in [0.717, 1.165) is 147 Å². The van der Waals surface area contributed by atoms with Crippen LogP contribution in [0.4, 0.5) is 43.9 Å². The van der Waals surface area contributed by atoms with Crippen LogP contribution in [0.1, 0.15) is 98.4 Å². The maximum Gasteiger partial charge on any atom is 0.227 e. The number of hydrogen-bond acceptors (Lipinski definition) is 16. The average molecular weight is 1030 g/mol. The van der Waals surface area contributed by atoms with Crippen LogP contribution in [0.25, 0.3) is 11.6 Å². The van der Waals surface area contributed by atoms with Crippen molar-refractivity contribution in [2.75, 3.05) is 72.8 Å². The fourth-order valence-corrected chi connectivity index (χ4v) is 11.4. The number of rotatable bonds is 12. The third-order valence-electron chi connectivity index (χ3n) is 15.9. The van der Waals surface area contributed by atoms with Crippen molar-refractivity contribution in [1.29, 1.82) is 0 Å². The Kier molecular flexibility index (Phi) is 14.0. The van der Waals surface area contributed by atoms with Crippen molar-refractivity contribution in [2.24, 2.45) is 10.8 Å². The number of pyridine rings is 2. The van der Waals surface area contributed by atoms with E-state index in [2.05, 4.69) is 96.8 Å². The Bertz CT molecular complexity index is 3020. The Morgan fingerprint density at radius 3 is 1.26 bits per heavy atom. The third kappa shape index (κ3) is 11.3. The molecular formula is C54H66F2N20. The zero-order valence-corrected chi connectivity index (χ0v) is 44.0. The molecule has 0 unspecified atom stereocenters. The Labute approximate surface area is 440 Å². The summed E-state index contributed by atoms with van der Waals surface area (Å²) in [4.78, 5) is 37.9. The fraction of sp³-hybridized carbons (Fsp3) is 0.444. The molecule has 22 heteroatoms. The van der Waals surface area contributed by atoms with Crippen molar-refractivity contribution in [3.8, 4) is 11.6 Å². The van der Waals surface area contributed by atoms with E-state index in [1.807, 2.05) is 76.5 Å². The highest BCUT2D eigenvalue weighted by atomic mass is 19.1. The first kappa shape index (κ1) is 50.4. The Morgan fingerprint density at radius 2 is 0.921 bits per heavy atom. The first-order valence-electron chi connectivity index (χ1n) is 26.3. The van der Waals surface area contributed by atoms with Gasteiger partial charge in [-0.3, -0.25) is 20.0 Å². The standard InChI is InChI=1S/2C27H33FN10/c2*1-18-12-23(32-24-13-19(2)34-35-24)33-26(31-18)36-9-6-27(7-10-36)8-11-37(17-27)20(3)21-4-5-25(29-14-21)38-16-22(28)15-30-38/h2*4-5,12-16,20H,6-11,17H2,1-3H3,(H2,31,32,33,34,35)/t2*20-/m10/s1. The van der Waals surface area contributed by atoms with E-state index in [-0.39, 0.29) is 23.7 Å². The summed E-state index contributed by atoms with van der Waals surface area (Å²) in [5, 5.41) is 29.0. The minimum absolute atomic E-state index is 0.266. The molecule has 4 aliphatic rings. The van der Waals surface area contributed by atoms with Crippen LogP contribution in [0, 0.1) is 50.2 Å². The SMILES string of the molecule is Cc1cc(Nc2cc(C)[nH]n2)nc(N2CCC3(CC2)CCN([C@@H](C)c2ccc(-n4cc(F)cn4)nc2)C3)n1.Cc1cc(Nc2cc(C)[nH]n2)nc(N2CCC3(CC2)CCN([C@H](C)c2ccc(-n4cc(F)cn4)nc2)C3)n1. The molecular weight excluding hydrogens is 967 g/mol. The maximum atomic E-state index is 13.3. The maximum absolute atomic E-state index is 13.3. The number of hydrogen-bond donors (Lipinski definition) is 4. The molecule has 396 valence electrons. The number of aromatic nitrogens is 14. The van der Waals surface area contributed by atoms with Crippen LogP contribution in [-0.4, -0.2) is 132 Å². The summed E-state index contributed by atoms with van der Waals surface area (Å²) >= 11 is 0. The second-order valence-corrected chi connectivity index (χ2v) is 21.4. The van der Waals surface area contributed by atoms with Gasteiger partial charge in [0.2, 0.25) is 11.9 Å². The molecule has 12 rings (SSSR count). The van der Waals surface area contributed by atoms with Crippen LogP contribution in [0.15, 0.2) is 85.7 Å². The van der Waals surface area contributed by atoms with Crippen LogP contribution >= 0.6 is 0 Å². The largest absolute Gasteiger partial charge is 0.341 e. The number of H-pyrrole nitrogens is 2. The van der Waals surface area contributed by atoms with Gasteiger partial charge in [-0.15, -0.1) is 0 Å². The van der Waals surface area contributed by atoms with Gasteiger partial charge in [0.15, 0.2) is 34.9 Å². The van der Waals surface area contributed by atoms with Gasteiger partial charge in [-0.05, 0) is 127 Å². The predicted octanol–water partition coefficient (Wildman–Crippen LogP) is 8.67. The molecule has 8 aromatic heterocycles. The number of aryl methyl sites for hydroxylation is 4. The van der Waals surface area contributed by atoms with Gasteiger partial charge in [-0.2, -0.15) is 30.4 Å². The van der Waals surface area contributed by atoms with E-state index in [1.54, 1.807) is 0 Å². The molecule has 12 heterocycles. The summed E-state index contributed by atoms with van der Waals surface area (Å²) in [6.07, 6.45) is 15.7. The highest BCUT2D eigenvalue weighted by Gasteiger charge is 2.44. The molecule has 4 saturated heterocycles. The molecule has 2 spiro atoms. The van der Waals surface area contributed by atoms with Crippen molar-refractivity contribution in [3.05, 3.63) is 131 Å². The highest BCUT2D eigenvalue weighted by molar-refractivity contribution is 5.55. The molecule has 4 fully saturated rings. The van der Waals surface area contributed by atoms with Gasteiger partial charge in [-0.25, -0.2) is 38.1 Å². The van der Waals surface area contributed by atoms with Crippen LogP contribution in [0.2, 0.25) is 0 Å². The highest BCUT2D eigenvalue weighted by Crippen LogP contribution is 2.45. The number of halogens is 2. The molecule has 0 aromatic carbocycles. The Morgan fingerprint density at radius 1 is 0.513 bits per heavy atom. The third-order valence-corrected chi connectivity index (χ3v) is 15.9. The molecule has 0 radical (unpaired) electrons. The average Bonchev–Trinajstić information content (AvgIpc) is 4.33. The lowest BCUT2D eigenvalue weighted by atomic mass is 9.78. The van der Waals surface area contributed by atoms with Gasteiger partial charge in [0.25, 0.3) is 0 Å². The second-order valence-electron chi connectivity index (χ2n) is 21.4. The lowest BCUT2D eigenvalue weighted by molar-refractivity contribution is 0.183. The van der Waals surface area contributed by atoms with Gasteiger partial charge < -0.3 is 20.4 Å². The zero-order valence-electron chi connectivity index (χ0n) is 44.0. The predicted molar refractivity (Wildman–Crippen MR) is 286 cm³/mol. The van der Waals surface area contributed by atoms with Crippen molar-refractivity contribution >= 4 is 35.2 Å². The molecule has 0 saturated carbocycles. The van der Waals surface area contributed by atoms with Crippen LogP contribution < -0.4 is 20.4 Å². The van der Waals surface area contributed by atoms with Gasteiger partial charge in [-0.1, -0.05) is 12.1 Å². The fourth-order valence-electron chi connectivity index (χ4n) is 11.4. The van der Waals surface area contributed by atoms with E-state index in [4.69, 9.17) is 19.9 Å². The molecule has 2 atom stereocenters. The van der Waals surface area contributed by atoms with Gasteiger partial charge in [0, 0.05) is 111 Å². The monoisotopic (exact) mass is 1030 g/mol. The number of aromatic amines is 2. The van der Waals surface area contributed by atoms with E-state index < -0.39 is 0 Å². The summed E-state index contributed by atoms with van der Waals surface area (Å²) in [6, 6.07) is 16.3. The minimum Gasteiger partial charge on any atom is -0.341 e. The zero-order chi connectivity index (χ0) is 52.6. The molecule has 8 aromatic rings. The topological polar surface area (TPSA) is 207 Å². The molecule has 20 nitrogen and oxygen atoms in total. The normalized spacial score (nSPS) is 18.3.